The monoisotopic (exact) mass is 393 g/mol. The number of aromatic nitrogens is 1. The molecule has 0 fully saturated rings. The predicted octanol–water partition coefficient (Wildman–Crippen LogP) is 4.41. The van der Waals surface area contributed by atoms with E-state index >= 15 is 0 Å². The summed E-state index contributed by atoms with van der Waals surface area (Å²) in [6.07, 6.45) is 1.57. The largest absolute Gasteiger partial charge is 0.493 e. The van der Waals surface area contributed by atoms with Gasteiger partial charge in [0.05, 0.1) is 21.3 Å². The number of hydrogen-bond acceptors (Lipinski definition) is 6. The molecule has 0 bridgehead atoms. The van der Waals surface area contributed by atoms with Crippen molar-refractivity contribution in [2.45, 2.75) is 6.92 Å². The highest BCUT2D eigenvalue weighted by atomic mass is 16.5. The van der Waals surface area contributed by atoms with Crippen LogP contribution >= 0.6 is 0 Å². The van der Waals surface area contributed by atoms with E-state index in [1.54, 1.807) is 51.8 Å². The van der Waals surface area contributed by atoms with Crippen LogP contribution in [0.1, 0.15) is 15.9 Å². The summed E-state index contributed by atoms with van der Waals surface area (Å²) in [7, 11) is 4.65. The van der Waals surface area contributed by atoms with Gasteiger partial charge in [0.1, 0.15) is 5.82 Å². The molecule has 0 radical (unpaired) electrons. The maximum absolute atomic E-state index is 12.6. The molecule has 0 spiro atoms. The summed E-state index contributed by atoms with van der Waals surface area (Å²) in [6, 6.07) is 14.5. The van der Waals surface area contributed by atoms with E-state index < -0.39 is 0 Å². The number of anilines is 3. The number of rotatable bonds is 7. The van der Waals surface area contributed by atoms with Gasteiger partial charge in [-0.3, -0.25) is 4.79 Å². The first-order valence-corrected chi connectivity index (χ1v) is 8.95. The molecule has 2 N–H and O–H groups in total. The summed E-state index contributed by atoms with van der Waals surface area (Å²) in [6.45, 7) is 1.97. The molecule has 0 aliphatic carbocycles. The fourth-order valence-electron chi connectivity index (χ4n) is 2.87. The van der Waals surface area contributed by atoms with Gasteiger partial charge in [0, 0.05) is 35.3 Å². The fourth-order valence-corrected chi connectivity index (χ4v) is 2.87. The standard InChI is InChI=1S/C22H23N3O4/c1-14-6-5-7-16(10-14)25-22(26)15-8-9-23-20(11-15)24-17-12-18(27-2)21(29-4)19(13-17)28-3/h5-13H,1-4H3,(H,23,24)(H,25,26). The van der Waals surface area contributed by atoms with Crippen molar-refractivity contribution < 1.29 is 19.0 Å². The summed E-state index contributed by atoms with van der Waals surface area (Å²) >= 11 is 0. The van der Waals surface area contributed by atoms with Crippen LogP contribution in [0.3, 0.4) is 0 Å². The minimum Gasteiger partial charge on any atom is -0.493 e. The number of nitrogens with one attached hydrogen (secondary N) is 2. The molecule has 0 saturated carbocycles. The Hall–Kier alpha value is -3.74. The van der Waals surface area contributed by atoms with Gasteiger partial charge in [-0.05, 0) is 36.8 Å². The third-order valence-corrected chi connectivity index (χ3v) is 4.24. The molecular formula is C22H23N3O4. The second-order valence-corrected chi connectivity index (χ2v) is 6.29. The molecule has 3 aromatic rings. The summed E-state index contributed by atoms with van der Waals surface area (Å²) in [5.74, 6) is 1.83. The van der Waals surface area contributed by atoms with Crippen LogP contribution in [0.2, 0.25) is 0 Å². The lowest BCUT2D eigenvalue weighted by molar-refractivity contribution is 0.102. The Bertz CT molecular complexity index is 995. The Labute approximate surface area is 169 Å². The fraction of sp³-hybridized carbons (Fsp3) is 0.182. The lowest BCUT2D eigenvalue weighted by Crippen LogP contribution is -2.12. The Balaban J connectivity index is 1.82. The molecule has 0 saturated heterocycles. The average molecular weight is 393 g/mol. The topological polar surface area (TPSA) is 81.7 Å². The van der Waals surface area contributed by atoms with Gasteiger partial charge in [-0.2, -0.15) is 0 Å². The summed E-state index contributed by atoms with van der Waals surface area (Å²) in [5, 5.41) is 6.06. The zero-order valence-electron chi connectivity index (χ0n) is 16.8. The number of hydrogen-bond donors (Lipinski definition) is 2. The molecular weight excluding hydrogens is 370 g/mol. The van der Waals surface area contributed by atoms with Crippen LogP contribution in [-0.4, -0.2) is 32.2 Å². The maximum atomic E-state index is 12.6. The first kappa shape index (κ1) is 20.0. The molecule has 0 aliphatic heterocycles. The normalized spacial score (nSPS) is 10.2. The number of benzene rings is 2. The Morgan fingerprint density at radius 1 is 0.897 bits per heavy atom. The molecule has 7 nitrogen and oxygen atoms in total. The summed E-state index contributed by atoms with van der Waals surface area (Å²) in [5.41, 5.74) is 2.98. The first-order chi connectivity index (χ1) is 14.0. The average Bonchev–Trinajstić information content (AvgIpc) is 2.73. The van der Waals surface area contributed by atoms with Crippen molar-refractivity contribution in [1.82, 2.24) is 4.98 Å². The molecule has 1 amide bonds. The van der Waals surface area contributed by atoms with Crippen LogP contribution < -0.4 is 24.8 Å². The van der Waals surface area contributed by atoms with Gasteiger partial charge in [0.25, 0.3) is 5.91 Å². The molecule has 1 heterocycles. The molecule has 7 heteroatoms. The summed E-state index contributed by atoms with van der Waals surface area (Å²) < 4.78 is 16.1. The second kappa shape index (κ2) is 8.97. The highest BCUT2D eigenvalue weighted by Crippen LogP contribution is 2.40. The van der Waals surface area contributed by atoms with Gasteiger partial charge in [0.15, 0.2) is 11.5 Å². The van der Waals surface area contributed by atoms with Crippen LogP contribution in [0.5, 0.6) is 17.2 Å². The van der Waals surface area contributed by atoms with Crippen molar-refractivity contribution in [2.24, 2.45) is 0 Å². The lowest BCUT2D eigenvalue weighted by atomic mass is 10.2. The number of carbonyl (C=O) groups is 1. The molecule has 150 valence electrons. The van der Waals surface area contributed by atoms with Crippen LogP contribution in [0, 0.1) is 6.92 Å². The van der Waals surface area contributed by atoms with Crippen LogP contribution in [0.15, 0.2) is 54.7 Å². The lowest BCUT2D eigenvalue weighted by Gasteiger charge is -2.15. The maximum Gasteiger partial charge on any atom is 0.255 e. The van der Waals surface area contributed by atoms with Crippen LogP contribution in [0.25, 0.3) is 0 Å². The Kier molecular flexibility index (Phi) is 6.19. The Morgan fingerprint density at radius 3 is 2.24 bits per heavy atom. The van der Waals surface area contributed by atoms with Gasteiger partial charge < -0.3 is 24.8 Å². The molecule has 3 rings (SSSR count). The molecule has 2 aromatic carbocycles. The Morgan fingerprint density at radius 2 is 1.62 bits per heavy atom. The van der Waals surface area contributed by atoms with E-state index in [0.29, 0.717) is 34.3 Å². The number of amides is 1. The highest BCUT2D eigenvalue weighted by Gasteiger charge is 2.14. The minimum atomic E-state index is -0.217. The van der Waals surface area contributed by atoms with Crippen molar-refractivity contribution in [3.8, 4) is 17.2 Å². The van der Waals surface area contributed by atoms with Crippen molar-refractivity contribution >= 4 is 23.1 Å². The number of carbonyl (C=O) groups excluding carboxylic acids is 1. The van der Waals surface area contributed by atoms with E-state index in [9.17, 15) is 4.79 Å². The second-order valence-electron chi connectivity index (χ2n) is 6.29. The SMILES string of the molecule is COc1cc(Nc2cc(C(=O)Nc3cccc(C)c3)ccn2)cc(OC)c1OC. The van der Waals surface area contributed by atoms with Crippen molar-refractivity contribution in [1.29, 1.82) is 0 Å². The summed E-state index contributed by atoms with van der Waals surface area (Å²) in [4.78, 5) is 16.9. The number of pyridine rings is 1. The van der Waals surface area contributed by atoms with E-state index in [0.717, 1.165) is 11.3 Å². The minimum absolute atomic E-state index is 0.217. The van der Waals surface area contributed by atoms with Crippen molar-refractivity contribution in [2.75, 3.05) is 32.0 Å². The molecule has 1 aromatic heterocycles. The number of nitrogens with zero attached hydrogens (tertiary/aromatic N) is 1. The van der Waals surface area contributed by atoms with Crippen molar-refractivity contribution in [3.05, 3.63) is 65.9 Å². The van der Waals surface area contributed by atoms with Gasteiger partial charge in [-0.25, -0.2) is 4.98 Å². The third-order valence-electron chi connectivity index (χ3n) is 4.24. The van der Waals surface area contributed by atoms with Gasteiger partial charge in [-0.15, -0.1) is 0 Å². The van der Waals surface area contributed by atoms with Crippen LogP contribution in [-0.2, 0) is 0 Å². The molecule has 0 unspecified atom stereocenters. The van der Waals surface area contributed by atoms with E-state index in [1.165, 1.54) is 0 Å². The number of methoxy groups -OCH3 is 3. The third kappa shape index (κ3) is 4.76. The van der Waals surface area contributed by atoms with Gasteiger partial charge >= 0.3 is 0 Å². The van der Waals surface area contributed by atoms with Gasteiger partial charge in [0.2, 0.25) is 5.75 Å². The zero-order valence-corrected chi connectivity index (χ0v) is 16.8. The van der Waals surface area contributed by atoms with Gasteiger partial charge in [-0.1, -0.05) is 12.1 Å². The smallest absolute Gasteiger partial charge is 0.255 e. The molecule has 0 atom stereocenters. The number of aryl methyl sites for hydroxylation is 1. The van der Waals surface area contributed by atoms with Crippen molar-refractivity contribution in [3.63, 3.8) is 0 Å². The molecule has 29 heavy (non-hydrogen) atoms. The number of ether oxygens (including phenoxy) is 3. The highest BCUT2D eigenvalue weighted by molar-refractivity contribution is 6.04. The van der Waals surface area contributed by atoms with E-state index in [1.807, 2.05) is 31.2 Å². The van der Waals surface area contributed by atoms with E-state index in [2.05, 4.69) is 15.6 Å². The first-order valence-electron chi connectivity index (χ1n) is 8.95. The van der Waals surface area contributed by atoms with E-state index in [-0.39, 0.29) is 5.91 Å². The molecule has 0 aliphatic rings. The van der Waals surface area contributed by atoms with Crippen LogP contribution in [0.4, 0.5) is 17.2 Å². The quantitative estimate of drug-likeness (QED) is 0.619. The zero-order chi connectivity index (χ0) is 20.8. The predicted molar refractivity (Wildman–Crippen MR) is 113 cm³/mol. The van der Waals surface area contributed by atoms with E-state index in [4.69, 9.17) is 14.2 Å².